The number of carbonyl (C=O) groups is 2. The molecule has 2 amide bonds. The zero-order chi connectivity index (χ0) is 18.4. The van der Waals surface area contributed by atoms with Crippen molar-refractivity contribution >= 4 is 12.0 Å². The van der Waals surface area contributed by atoms with Crippen LogP contribution in [0.3, 0.4) is 0 Å². The lowest BCUT2D eigenvalue weighted by atomic mass is 9.93. The standard InChI is InChI=1S/C18H34N2O4/c1-7-8-14(2)19-15(21)13-23-18(6)9-11-20(12-10-18)16(22)24-17(3,4)5/h14H,7-13H2,1-6H3,(H,19,21). The van der Waals surface area contributed by atoms with Gasteiger partial charge in [0.25, 0.3) is 0 Å². The highest BCUT2D eigenvalue weighted by Gasteiger charge is 2.34. The third-order valence-corrected chi connectivity index (χ3v) is 4.15. The van der Waals surface area contributed by atoms with E-state index >= 15 is 0 Å². The molecule has 6 heteroatoms. The van der Waals surface area contributed by atoms with E-state index in [0.29, 0.717) is 25.9 Å². The number of nitrogens with one attached hydrogen (secondary N) is 1. The van der Waals surface area contributed by atoms with Crippen LogP contribution in [0.1, 0.15) is 67.2 Å². The summed E-state index contributed by atoms with van der Waals surface area (Å²) in [5, 5.41) is 2.94. The van der Waals surface area contributed by atoms with Crippen molar-refractivity contribution in [3.63, 3.8) is 0 Å². The molecule has 140 valence electrons. The fraction of sp³-hybridized carbons (Fsp3) is 0.889. The summed E-state index contributed by atoms with van der Waals surface area (Å²) in [6.07, 6.45) is 3.12. The Kier molecular flexibility index (Phi) is 7.52. The number of hydrogen-bond donors (Lipinski definition) is 1. The highest BCUT2D eigenvalue weighted by molar-refractivity contribution is 5.77. The number of nitrogens with zero attached hydrogens (tertiary/aromatic N) is 1. The second kappa shape index (κ2) is 8.70. The fourth-order valence-corrected chi connectivity index (χ4v) is 2.69. The number of amides is 2. The van der Waals surface area contributed by atoms with Gasteiger partial charge in [-0.3, -0.25) is 4.79 Å². The predicted octanol–water partition coefficient (Wildman–Crippen LogP) is 3.10. The molecule has 0 aliphatic carbocycles. The summed E-state index contributed by atoms with van der Waals surface area (Å²) in [5.41, 5.74) is -0.856. The van der Waals surface area contributed by atoms with E-state index in [0.717, 1.165) is 12.8 Å². The molecule has 1 fully saturated rings. The van der Waals surface area contributed by atoms with Crippen LogP contribution >= 0.6 is 0 Å². The molecule has 0 aromatic rings. The first kappa shape index (κ1) is 20.7. The highest BCUT2D eigenvalue weighted by atomic mass is 16.6. The van der Waals surface area contributed by atoms with Gasteiger partial charge in [-0.2, -0.15) is 0 Å². The van der Waals surface area contributed by atoms with Crippen molar-refractivity contribution in [2.75, 3.05) is 19.7 Å². The summed E-state index contributed by atoms with van der Waals surface area (Å²) < 4.78 is 11.2. The van der Waals surface area contributed by atoms with Gasteiger partial charge in [0, 0.05) is 19.1 Å². The van der Waals surface area contributed by atoms with Crippen LogP contribution in [0.25, 0.3) is 0 Å². The molecule has 1 heterocycles. The normalized spacial score (nSPS) is 18.8. The van der Waals surface area contributed by atoms with Crippen molar-refractivity contribution in [1.29, 1.82) is 0 Å². The molecule has 1 aliphatic heterocycles. The molecule has 0 saturated carbocycles. The van der Waals surface area contributed by atoms with E-state index in [1.807, 2.05) is 34.6 Å². The molecular formula is C18H34N2O4. The first-order chi connectivity index (χ1) is 11.0. The minimum atomic E-state index is -0.485. The van der Waals surface area contributed by atoms with Crippen LogP contribution in [0.5, 0.6) is 0 Å². The van der Waals surface area contributed by atoms with Crippen LogP contribution in [0, 0.1) is 0 Å². The number of likely N-dealkylation sites (tertiary alicyclic amines) is 1. The van der Waals surface area contributed by atoms with Crippen LogP contribution < -0.4 is 5.32 Å². The van der Waals surface area contributed by atoms with Gasteiger partial charge >= 0.3 is 6.09 Å². The fourth-order valence-electron chi connectivity index (χ4n) is 2.69. The third kappa shape index (κ3) is 7.51. The quantitative estimate of drug-likeness (QED) is 0.805. The molecule has 0 bridgehead atoms. The van der Waals surface area contributed by atoms with E-state index in [2.05, 4.69) is 12.2 Å². The van der Waals surface area contributed by atoms with Crippen molar-refractivity contribution in [1.82, 2.24) is 10.2 Å². The van der Waals surface area contributed by atoms with Gasteiger partial charge in [0.1, 0.15) is 12.2 Å². The van der Waals surface area contributed by atoms with Crippen LogP contribution in [0.15, 0.2) is 0 Å². The van der Waals surface area contributed by atoms with Crippen LogP contribution in [-0.4, -0.2) is 53.8 Å². The van der Waals surface area contributed by atoms with E-state index < -0.39 is 5.60 Å². The molecule has 1 atom stereocenters. The van der Waals surface area contributed by atoms with Crippen molar-refractivity contribution in [3.05, 3.63) is 0 Å². The maximum Gasteiger partial charge on any atom is 0.410 e. The highest BCUT2D eigenvalue weighted by Crippen LogP contribution is 2.26. The number of hydrogen-bond acceptors (Lipinski definition) is 4. The Morgan fingerprint density at radius 1 is 1.25 bits per heavy atom. The molecule has 1 aliphatic rings. The van der Waals surface area contributed by atoms with Gasteiger partial charge in [-0.15, -0.1) is 0 Å². The lowest BCUT2D eigenvalue weighted by Gasteiger charge is -2.39. The predicted molar refractivity (Wildman–Crippen MR) is 93.9 cm³/mol. The van der Waals surface area contributed by atoms with E-state index in [9.17, 15) is 9.59 Å². The molecule has 1 rings (SSSR count). The summed E-state index contributed by atoms with van der Waals surface area (Å²) in [4.78, 5) is 25.7. The Morgan fingerprint density at radius 2 is 1.83 bits per heavy atom. The summed E-state index contributed by atoms with van der Waals surface area (Å²) in [5.74, 6) is -0.0771. The SMILES string of the molecule is CCCC(C)NC(=O)COC1(C)CCN(C(=O)OC(C)(C)C)CC1. The Bertz CT molecular complexity index is 423. The average Bonchev–Trinajstić information content (AvgIpc) is 2.44. The number of ether oxygens (including phenoxy) is 2. The van der Waals surface area contributed by atoms with Gasteiger partial charge in [-0.25, -0.2) is 4.79 Å². The van der Waals surface area contributed by atoms with Crippen molar-refractivity contribution < 1.29 is 19.1 Å². The van der Waals surface area contributed by atoms with E-state index in [1.54, 1.807) is 4.90 Å². The maximum atomic E-state index is 12.1. The van der Waals surface area contributed by atoms with Crippen molar-refractivity contribution in [2.24, 2.45) is 0 Å². The number of piperidine rings is 1. The topological polar surface area (TPSA) is 67.9 Å². The largest absolute Gasteiger partial charge is 0.444 e. The van der Waals surface area contributed by atoms with Gasteiger partial charge in [0.15, 0.2) is 0 Å². The Morgan fingerprint density at radius 3 is 2.33 bits per heavy atom. The van der Waals surface area contributed by atoms with Crippen LogP contribution in [0.2, 0.25) is 0 Å². The van der Waals surface area contributed by atoms with Gasteiger partial charge in [-0.05, 0) is 53.9 Å². The van der Waals surface area contributed by atoms with Crippen molar-refractivity contribution in [3.8, 4) is 0 Å². The summed E-state index contributed by atoms with van der Waals surface area (Å²) in [7, 11) is 0. The zero-order valence-corrected chi connectivity index (χ0v) is 16.1. The van der Waals surface area contributed by atoms with Crippen LogP contribution in [-0.2, 0) is 14.3 Å². The van der Waals surface area contributed by atoms with E-state index in [4.69, 9.17) is 9.47 Å². The number of carbonyl (C=O) groups excluding carboxylic acids is 2. The smallest absolute Gasteiger partial charge is 0.410 e. The molecule has 6 nitrogen and oxygen atoms in total. The minimum absolute atomic E-state index is 0.0665. The molecule has 0 aromatic heterocycles. The first-order valence-corrected chi connectivity index (χ1v) is 8.96. The minimum Gasteiger partial charge on any atom is -0.444 e. The molecule has 1 N–H and O–H groups in total. The average molecular weight is 342 g/mol. The Balaban J connectivity index is 2.37. The molecule has 24 heavy (non-hydrogen) atoms. The first-order valence-electron chi connectivity index (χ1n) is 8.96. The summed E-state index contributed by atoms with van der Waals surface area (Å²) in [6, 6.07) is 0.174. The number of rotatable bonds is 6. The molecule has 0 radical (unpaired) electrons. The van der Waals surface area contributed by atoms with Gasteiger partial charge < -0.3 is 19.7 Å². The molecule has 1 saturated heterocycles. The lowest BCUT2D eigenvalue weighted by molar-refractivity contribution is -0.136. The Hall–Kier alpha value is -1.30. The van der Waals surface area contributed by atoms with Gasteiger partial charge in [0.05, 0.1) is 5.60 Å². The maximum absolute atomic E-state index is 12.1. The molecule has 0 aromatic carbocycles. The van der Waals surface area contributed by atoms with Gasteiger partial charge in [-0.1, -0.05) is 13.3 Å². The Labute approximate surface area is 146 Å². The zero-order valence-electron chi connectivity index (χ0n) is 16.1. The monoisotopic (exact) mass is 342 g/mol. The lowest BCUT2D eigenvalue weighted by Crippen LogP contribution is -2.49. The third-order valence-electron chi connectivity index (χ3n) is 4.15. The van der Waals surface area contributed by atoms with Crippen LogP contribution in [0.4, 0.5) is 4.79 Å². The van der Waals surface area contributed by atoms with Gasteiger partial charge in [0.2, 0.25) is 5.91 Å². The second-order valence-electron chi connectivity index (χ2n) is 7.96. The molecule has 0 spiro atoms. The molecule has 1 unspecified atom stereocenters. The second-order valence-corrected chi connectivity index (χ2v) is 7.96. The van der Waals surface area contributed by atoms with E-state index in [1.165, 1.54) is 0 Å². The van der Waals surface area contributed by atoms with Crippen molar-refractivity contribution in [2.45, 2.75) is 84.5 Å². The molecular weight excluding hydrogens is 308 g/mol. The van der Waals surface area contributed by atoms with E-state index in [-0.39, 0.29) is 30.3 Å². The summed E-state index contributed by atoms with van der Waals surface area (Å²) >= 11 is 0. The summed E-state index contributed by atoms with van der Waals surface area (Å²) in [6.45, 7) is 12.9.